The van der Waals surface area contributed by atoms with Gasteiger partial charge in [0.05, 0.1) is 16.3 Å². The Labute approximate surface area is 167 Å². The molecule has 0 fully saturated rings. The highest BCUT2D eigenvalue weighted by Crippen LogP contribution is 2.37. The zero-order chi connectivity index (χ0) is 19.9. The van der Waals surface area contributed by atoms with Crippen LogP contribution in [0.1, 0.15) is 16.7 Å². The van der Waals surface area contributed by atoms with Crippen molar-refractivity contribution < 1.29 is 8.42 Å². The van der Waals surface area contributed by atoms with Crippen LogP contribution in [0, 0.1) is 10.8 Å². The predicted octanol–water partition coefficient (Wildman–Crippen LogP) is 4.37. The number of aromatic nitrogens is 1. The number of nitrogens with one attached hydrogen (secondary N) is 2. The number of pyridine rings is 1. The van der Waals surface area contributed by atoms with Crippen LogP contribution in [0.3, 0.4) is 0 Å². The van der Waals surface area contributed by atoms with E-state index in [0.29, 0.717) is 16.7 Å². The normalized spacial score (nSPS) is 14.2. The molecular weight excluding hydrogens is 394 g/mol. The first kappa shape index (κ1) is 18.3. The Balaban J connectivity index is 2.07. The molecular formula is C21H14ClN3O2S. The molecule has 0 saturated carbocycles. The molecule has 0 aliphatic heterocycles. The van der Waals surface area contributed by atoms with Gasteiger partial charge in [-0.2, -0.15) is 0 Å². The lowest BCUT2D eigenvalue weighted by Gasteiger charge is -2.25. The molecule has 0 unspecified atom stereocenters. The summed E-state index contributed by atoms with van der Waals surface area (Å²) in [6, 6.07) is 17.9. The Morgan fingerprint density at radius 3 is 2.00 bits per heavy atom. The summed E-state index contributed by atoms with van der Waals surface area (Å²) in [7, 11) is -4.04. The Morgan fingerprint density at radius 2 is 1.39 bits per heavy atom. The van der Waals surface area contributed by atoms with Gasteiger partial charge in [-0.3, -0.25) is 10.8 Å². The Bertz CT molecular complexity index is 1250. The minimum Gasteiger partial charge on any atom is -0.300 e. The van der Waals surface area contributed by atoms with Crippen LogP contribution in [0.5, 0.6) is 0 Å². The van der Waals surface area contributed by atoms with Crippen molar-refractivity contribution in [3.05, 3.63) is 99.7 Å². The van der Waals surface area contributed by atoms with Gasteiger partial charge in [0.15, 0.2) is 0 Å². The summed E-state index contributed by atoms with van der Waals surface area (Å²) in [6.45, 7) is 0. The molecule has 0 saturated heterocycles. The van der Waals surface area contributed by atoms with Gasteiger partial charge in [0.25, 0.3) is 0 Å². The number of allylic oxidation sites excluding steroid dienone is 2. The Morgan fingerprint density at radius 1 is 0.786 bits per heavy atom. The molecule has 0 spiro atoms. The van der Waals surface area contributed by atoms with Crippen molar-refractivity contribution in [1.29, 1.82) is 10.8 Å². The van der Waals surface area contributed by atoms with Crippen molar-refractivity contribution in [2.24, 2.45) is 0 Å². The van der Waals surface area contributed by atoms with E-state index in [1.165, 1.54) is 24.4 Å². The molecule has 2 aromatic carbocycles. The Hall–Kier alpha value is -3.09. The molecule has 0 atom stereocenters. The molecule has 138 valence electrons. The number of fused-ring (bicyclic) bond motifs is 1. The smallest absolute Gasteiger partial charge is 0.209 e. The highest BCUT2D eigenvalue weighted by Gasteiger charge is 2.36. The van der Waals surface area contributed by atoms with Crippen molar-refractivity contribution in [3.8, 4) is 0 Å². The lowest BCUT2D eigenvalue weighted by atomic mass is 9.85. The lowest BCUT2D eigenvalue weighted by Crippen LogP contribution is -2.26. The van der Waals surface area contributed by atoms with Crippen LogP contribution in [0.25, 0.3) is 5.57 Å². The van der Waals surface area contributed by atoms with Gasteiger partial charge in [-0.25, -0.2) is 13.4 Å². The topological polar surface area (TPSA) is 94.7 Å². The third kappa shape index (κ3) is 2.87. The molecule has 1 heterocycles. The maximum Gasteiger partial charge on any atom is 0.209 e. The number of hydrogen-bond acceptors (Lipinski definition) is 5. The number of nitrogens with zero attached hydrogens (tertiary/aromatic N) is 1. The maximum absolute atomic E-state index is 13.5. The summed E-state index contributed by atoms with van der Waals surface area (Å²) in [5.74, 6) is 0. The largest absolute Gasteiger partial charge is 0.300 e. The molecule has 0 amide bonds. The van der Waals surface area contributed by atoms with Crippen molar-refractivity contribution >= 4 is 38.4 Å². The second-order valence-electron chi connectivity index (χ2n) is 6.19. The van der Waals surface area contributed by atoms with Crippen LogP contribution in [0.4, 0.5) is 0 Å². The van der Waals surface area contributed by atoms with Gasteiger partial charge >= 0.3 is 0 Å². The summed E-state index contributed by atoms with van der Waals surface area (Å²) < 4.78 is 26.9. The summed E-state index contributed by atoms with van der Waals surface area (Å²) in [5, 5.41) is 17.6. The van der Waals surface area contributed by atoms with Crippen molar-refractivity contribution in [2.45, 2.75) is 4.90 Å². The van der Waals surface area contributed by atoms with Crippen LogP contribution < -0.4 is 0 Å². The molecule has 3 aromatic rings. The van der Waals surface area contributed by atoms with E-state index in [4.69, 9.17) is 22.4 Å². The molecule has 7 heteroatoms. The molecule has 1 aliphatic rings. The fourth-order valence-corrected chi connectivity index (χ4v) is 4.93. The minimum atomic E-state index is -4.04. The van der Waals surface area contributed by atoms with Crippen LogP contribution in [-0.2, 0) is 9.84 Å². The van der Waals surface area contributed by atoms with Gasteiger partial charge in [0, 0.05) is 28.5 Å². The molecule has 1 aromatic heterocycles. The fraction of sp³-hybridized carbons (Fsp3) is 0. The number of benzene rings is 2. The van der Waals surface area contributed by atoms with Gasteiger partial charge < -0.3 is 0 Å². The van der Waals surface area contributed by atoms with Crippen LogP contribution in [-0.4, -0.2) is 24.8 Å². The average molecular weight is 408 g/mol. The fourth-order valence-electron chi connectivity index (χ4n) is 3.20. The molecule has 0 bridgehead atoms. The lowest BCUT2D eigenvalue weighted by molar-refractivity contribution is 0.603. The highest BCUT2D eigenvalue weighted by atomic mass is 35.5. The third-order valence-corrected chi connectivity index (χ3v) is 6.57. The summed E-state index contributed by atoms with van der Waals surface area (Å²) in [6.07, 6.45) is 1.42. The monoisotopic (exact) mass is 407 g/mol. The number of sulfone groups is 1. The van der Waals surface area contributed by atoms with E-state index in [0.717, 1.165) is 0 Å². The standard InChI is InChI=1S/C21H14ClN3O2S/c22-17-11-10-13(12-25-17)18-19(23)15-8-4-5-9-16(15)20(24)21(18)28(26,27)14-6-2-1-3-7-14/h1-12,23-24H. The SMILES string of the molecule is N=C1C(c2ccc(Cl)nc2)=C(S(=O)(=O)c2ccccc2)C(=N)c2ccccc21. The number of hydrogen-bond donors (Lipinski definition) is 2. The van der Waals surface area contributed by atoms with Crippen molar-refractivity contribution in [2.75, 3.05) is 0 Å². The maximum atomic E-state index is 13.5. The first-order chi connectivity index (χ1) is 13.4. The van der Waals surface area contributed by atoms with E-state index < -0.39 is 9.84 Å². The van der Waals surface area contributed by atoms with Gasteiger partial charge in [0.1, 0.15) is 10.1 Å². The number of rotatable bonds is 3. The van der Waals surface area contributed by atoms with E-state index in [-0.39, 0.29) is 32.0 Å². The van der Waals surface area contributed by atoms with E-state index in [2.05, 4.69) is 4.98 Å². The van der Waals surface area contributed by atoms with Crippen LogP contribution in [0.15, 0.2) is 82.7 Å². The average Bonchev–Trinajstić information content (AvgIpc) is 2.72. The quantitative estimate of drug-likeness (QED) is 0.631. The Kier molecular flexibility index (Phi) is 4.45. The van der Waals surface area contributed by atoms with E-state index >= 15 is 0 Å². The van der Waals surface area contributed by atoms with Crippen molar-refractivity contribution in [3.63, 3.8) is 0 Å². The van der Waals surface area contributed by atoms with Crippen molar-refractivity contribution in [1.82, 2.24) is 4.98 Å². The second-order valence-corrected chi connectivity index (χ2v) is 8.46. The molecule has 5 nitrogen and oxygen atoms in total. The summed E-state index contributed by atoms with van der Waals surface area (Å²) >= 11 is 5.88. The molecule has 4 rings (SSSR count). The first-order valence-corrected chi connectivity index (χ1v) is 10.2. The van der Waals surface area contributed by atoms with Crippen LogP contribution >= 0.6 is 11.6 Å². The number of halogens is 1. The minimum absolute atomic E-state index is 0.0326. The molecule has 0 radical (unpaired) electrons. The van der Waals surface area contributed by atoms with Gasteiger partial charge in [-0.15, -0.1) is 0 Å². The van der Waals surface area contributed by atoms with E-state index in [1.807, 2.05) is 0 Å². The predicted molar refractivity (Wildman–Crippen MR) is 110 cm³/mol. The van der Waals surface area contributed by atoms with Gasteiger partial charge in [0.2, 0.25) is 9.84 Å². The summed E-state index contributed by atoms with van der Waals surface area (Å²) in [5.41, 5.74) is 1.38. The van der Waals surface area contributed by atoms with Gasteiger partial charge in [-0.05, 0) is 24.3 Å². The van der Waals surface area contributed by atoms with E-state index in [9.17, 15) is 8.42 Å². The van der Waals surface area contributed by atoms with Crippen LogP contribution in [0.2, 0.25) is 5.15 Å². The molecule has 1 aliphatic carbocycles. The summed E-state index contributed by atoms with van der Waals surface area (Å²) in [4.78, 5) is 3.90. The van der Waals surface area contributed by atoms with E-state index in [1.54, 1.807) is 48.5 Å². The first-order valence-electron chi connectivity index (χ1n) is 8.35. The second kappa shape index (κ2) is 6.82. The zero-order valence-electron chi connectivity index (χ0n) is 14.5. The molecule has 2 N–H and O–H groups in total. The highest BCUT2D eigenvalue weighted by molar-refractivity contribution is 7.96. The molecule has 28 heavy (non-hydrogen) atoms. The zero-order valence-corrected chi connectivity index (χ0v) is 16.1. The third-order valence-electron chi connectivity index (χ3n) is 4.51. The van der Waals surface area contributed by atoms with Gasteiger partial charge in [-0.1, -0.05) is 54.1 Å².